The summed E-state index contributed by atoms with van der Waals surface area (Å²) in [6.07, 6.45) is 0. The highest BCUT2D eigenvalue weighted by Gasteiger charge is 2.12. The second kappa shape index (κ2) is 3.81. The lowest BCUT2D eigenvalue weighted by Gasteiger charge is -2.05. The number of phenolic OH excluding ortho intramolecular Hbond substituents is 1. The summed E-state index contributed by atoms with van der Waals surface area (Å²) in [4.78, 5) is 24.8. The van der Waals surface area contributed by atoms with E-state index in [1.807, 2.05) is 0 Å². The highest BCUT2D eigenvalue weighted by molar-refractivity contribution is 6.09. The van der Waals surface area contributed by atoms with Crippen LogP contribution in [-0.4, -0.2) is 15.0 Å². The fourth-order valence-electron chi connectivity index (χ4n) is 2.16. The summed E-state index contributed by atoms with van der Waals surface area (Å²) in [6, 6.07) is 8.67. The van der Waals surface area contributed by atoms with Crippen LogP contribution in [-0.2, 0) is 0 Å². The molecule has 6 nitrogen and oxygen atoms in total. The maximum absolute atomic E-state index is 11.9. The number of nitro groups is 1. The van der Waals surface area contributed by atoms with Crippen molar-refractivity contribution in [2.45, 2.75) is 0 Å². The summed E-state index contributed by atoms with van der Waals surface area (Å²) in [5.74, 6) is -0.0749. The van der Waals surface area contributed by atoms with Crippen molar-refractivity contribution < 1.29 is 10.0 Å². The van der Waals surface area contributed by atoms with Crippen LogP contribution < -0.4 is 5.56 Å². The molecule has 6 heteroatoms. The molecule has 0 atom stereocenters. The van der Waals surface area contributed by atoms with E-state index in [1.165, 1.54) is 24.3 Å². The number of aromatic amines is 1. The van der Waals surface area contributed by atoms with E-state index in [2.05, 4.69) is 4.98 Å². The number of pyridine rings is 1. The molecule has 0 radical (unpaired) electrons. The number of non-ortho nitro benzene ring substituents is 1. The molecule has 2 aromatic carbocycles. The smallest absolute Gasteiger partial charge is 0.270 e. The first-order chi connectivity index (χ1) is 9.08. The lowest BCUT2D eigenvalue weighted by atomic mass is 10.1. The minimum atomic E-state index is -0.517. The molecule has 3 rings (SSSR count). The number of H-pyrrole nitrogens is 1. The van der Waals surface area contributed by atoms with Crippen LogP contribution in [0.2, 0.25) is 0 Å². The predicted molar refractivity (Wildman–Crippen MR) is 70.4 cm³/mol. The van der Waals surface area contributed by atoms with Crippen LogP contribution in [0.3, 0.4) is 0 Å². The quantitative estimate of drug-likeness (QED) is 0.396. The first kappa shape index (κ1) is 11.2. The fourth-order valence-corrected chi connectivity index (χ4v) is 2.16. The molecule has 19 heavy (non-hydrogen) atoms. The zero-order valence-electron chi connectivity index (χ0n) is 9.58. The van der Waals surface area contributed by atoms with Crippen LogP contribution in [0, 0.1) is 10.1 Å². The lowest BCUT2D eigenvalue weighted by molar-refractivity contribution is -0.384. The zero-order valence-corrected chi connectivity index (χ0v) is 9.58. The molecule has 3 aromatic rings. The van der Waals surface area contributed by atoms with Crippen LogP contribution in [0.25, 0.3) is 21.7 Å². The van der Waals surface area contributed by atoms with Gasteiger partial charge in [0.05, 0.1) is 10.3 Å². The second-order valence-corrected chi connectivity index (χ2v) is 4.14. The number of aromatic hydroxyl groups is 1. The number of benzene rings is 2. The summed E-state index contributed by atoms with van der Waals surface area (Å²) in [5.41, 5.74) is 0.0148. The minimum Gasteiger partial charge on any atom is -0.507 e. The molecular formula is C13H8N2O4. The van der Waals surface area contributed by atoms with E-state index in [0.717, 1.165) is 0 Å². The monoisotopic (exact) mass is 256 g/mol. The Hall–Kier alpha value is -2.89. The summed E-state index contributed by atoms with van der Waals surface area (Å²) >= 11 is 0. The van der Waals surface area contributed by atoms with Crippen LogP contribution in [0.5, 0.6) is 5.75 Å². The normalized spacial score (nSPS) is 10.9. The van der Waals surface area contributed by atoms with Gasteiger partial charge in [-0.25, -0.2) is 0 Å². The maximum Gasteiger partial charge on any atom is 0.270 e. The Labute approximate surface area is 106 Å². The van der Waals surface area contributed by atoms with Crippen molar-refractivity contribution in [3.63, 3.8) is 0 Å². The Morgan fingerprint density at radius 2 is 1.95 bits per heavy atom. The Kier molecular flexibility index (Phi) is 2.25. The number of phenols is 1. The molecule has 0 saturated heterocycles. The van der Waals surface area contributed by atoms with E-state index in [0.29, 0.717) is 21.7 Å². The van der Waals surface area contributed by atoms with Gasteiger partial charge >= 0.3 is 0 Å². The van der Waals surface area contributed by atoms with Gasteiger partial charge in [-0.1, -0.05) is 6.07 Å². The van der Waals surface area contributed by atoms with Crippen molar-refractivity contribution >= 4 is 27.4 Å². The molecule has 0 aliphatic rings. The molecular weight excluding hydrogens is 248 g/mol. The van der Waals surface area contributed by atoms with Gasteiger partial charge in [-0.3, -0.25) is 14.9 Å². The number of hydrogen-bond acceptors (Lipinski definition) is 4. The number of nitro benzene ring substituents is 1. The molecule has 0 unspecified atom stereocenters. The Morgan fingerprint density at radius 3 is 2.68 bits per heavy atom. The Morgan fingerprint density at radius 1 is 1.16 bits per heavy atom. The molecule has 1 heterocycles. The number of fused-ring (bicyclic) bond motifs is 3. The average molecular weight is 256 g/mol. The Bertz CT molecular complexity index is 883. The molecule has 94 valence electrons. The number of rotatable bonds is 1. The van der Waals surface area contributed by atoms with Gasteiger partial charge in [0.1, 0.15) is 5.75 Å². The van der Waals surface area contributed by atoms with E-state index >= 15 is 0 Å². The van der Waals surface area contributed by atoms with E-state index in [1.54, 1.807) is 12.1 Å². The van der Waals surface area contributed by atoms with E-state index in [9.17, 15) is 20.0 Å². The summed E-state index contributed by atoms with van der Waals surface area (Å²) < 4.78 is 0. The van der Waals surface area contributed by atoms with Crippen LogP contribution in [0.4, 0.5) is 5.69 Å². The molecule has 2 N–H and O–H groups in total. The van der Waals surface area contributed by atoms with Gasteiger partial charge in [0, 0.05) is 28.4 Å². The molecule has 0 aliphatic carbocycles. The van der Waals surface area contributed by atoms with Crippen molar-refractivity contribution in [3.05, 3.63) is 56.9 Å². The second-order valence-electron chi connectivity index (χ2n) is 4.14. The fraction of sp³-hybridized carbons (Fsp3) is 0. The van der Waals surface area contributed by atoms with E-state index < -0.39 is 4.92 Å². The number of aromatic nitrogens is 1. The first-order valence-corrected chi connectivity index (χ1v) is 5.50. The van der Waals surface area contributed by atoms with Gasteiger partial charge in [0.25, 0.3) is 11.2 Å². The van der Waals surface area contributed by atoms with Gasteiger partial charge in [0.15, 0.2) is 0 Å². The Balaban J connectivity index is 2.59. The van der Waals surface area contributed by atoms with Gasteiger partial charge in [-0.05, 0) is 18.2 Å². The van der Waals surface area contributed by atoms with Crippen molar-refractivity contribution in [2.75, 3.05) is 0 Å². The minimum absolute atomic E-state index is 0.0749. The highest BCUT2D eigenvalue weighted by Crippen LogP contribution is 2.31. The third-order valence-corrected chi connectivity index (χ3v) is 3.02. The van der Waals surface area contributed by atoms with Crippen molar-refractivity contribution in [1.82, 2.24) is 4.98 Å². The molecule has 1 aromatic heterocycles. The van der Waals surface area contributed by atoms with Gasteiger partial charge < -0.3 is 10.1 Å². The van der Waals surface area contributed by atoms with Gasteiger partial charge in [-0.2, -0.15) is 0 Å². The third-order valence-electron chi connectivity index (χ3n) is 3.02. The molecule has 0 spiro atoms. The summed E-state index contributed by atoms with van der Waals surface area (Å²) in [6.45, 7) is 0. The molecule has 0 saturated carbocycles. The molecule has 0 bridgehead atoms. The van der Waals surface area contributed by atoms with Crippen LogP contribution >= 0.6 is 0 Å². The standard InChI is InChI=1S/C13H8N2O4/c16-11-3-1-2-8-12(11)9-6-7(15(18)19)4-5-10(9)14-13(8)17/h1-6,16H,(H,14,17). The largest absolute Gasteiger partial charge is 0.507 e. The SMILES string of the molecule is O=c1[nH]c2ccc([N+](=O)[O-])cc2c2c(O)cccc12. The summed E-state index contributed by atoms with van der Waals surface area (Å²) in [5, 5.41) is 21.8. The molecule has 0 aliphatic heterocycles. The first-order valence-electron chi connectivity index (χ1n) is 5.50. The van der Waals surface area contributed by atoms with Gasteiger partial charge in [0.2, 0.25) is 0 Å². The lowest BCUT2D eigenvalue weighted by Crippen LogP contribution is -2.06. The highest BCUT2D eigenvalue weighted by atomic mass is 16.6. The summed E-state index contributed by atoms with van der Waals surface area (Å²) in [7, 11) is 0. The van der Waals surface area contributed by atoms with E-state index in [-0.39, 0.29) is 17.0 Å². The van der Waals surface area contributed by atoms with Crippen LogP contribution in [0.15, 0.2) is 41.2 Å². The third kappa shape index (κ3) is 1.61. The number of nitrogens with one attached hydrogen (secondary N) is 1. The molecule has 0 fully saturated rings. The van der Waals surface area contributed by atoms with Crippen LogP contribution in [0.1, 0.15) is 0 Å². The predicted octanol–water partition coefficient (Wildman–Crippen LogP) is 2.30. The topological polar surface area (TPSA) is 96.2 Å². The van der Waals surface area contributed by atoms with Crippen molar-refractivity contribution in [1.29, 1.82) is 0 Å². The number of hydrogen-bond donors (Lipinski definition) is 2. The van der Waals surface area contributed by atoms with Crippen molar-refractivity contribution in [3.8, 4) is 5.75 Å². The maximum atomic E-state index is 11.9. The van der Waals surface area contributed by atoms with Crippen molar-refractivity contribution in [2.24, 2.45) is 0 Å². The van der Waals surface area contributed by atoms with E-state index in [4.69, 9.17) is 0 Å². The average Bonchev–Trinajstić information content (AvgIpc) is 2.38. The number of nitrogens with zero attached hydrogens (tertiary/aromatic N) is 1. The molecule has 0 amide bonds. The van der Waals surface area contributed by atoms with Gasteiger partial charge in [-0.15, -0.1) is 0 Å². The zero-order chi connectivity index (χ0) is 13.6.